The Morgan fingerprint density at radius 1 is 0.933 bits per heavy atom. The molecule has 0 radical (unpaired) electrons. The maximum atomic E-state index is 12.5. The van der Waals surface area contributed by atoms with Crippen LogP contribution in [0.2, 0.25) is 0 Å². The normalized spacial score (nSPS) is 11.8. The Morgan fingerprint density at radius 3 is 2.27 bits per heavy atom. The first-order chi connectivity index (χ1) is 14.7. The molecule has 0 aliphatic carbocycles. The molecule has 0 aliphatic heterocycles. The van der Waals surface area contributed by atoms with Crippen LogP contribution in [0.15, 0.2) is 96.4 Å². The summed E-state index contributed by atoms with van der Waals surface area (Å²) in [5, 5.41) is 11.9. The van der Waals surface area contributed by atoms with E-state index in [1.165, 1.54) is 17.3 Å². The predicted octanol–water partition coefficient (Wildman–Crippen LogP) is 4.90. The van der Waals surface area contributed by atoms with Crippen molar-refractivity contribution in [2.45, 2.75) is 18.1 Å². The van der Waals surface area contributed by atoms with E-state index in [1.54, 1.807) is 6.33 Å². The number of nitrogens with one attached hydrogen (secondary N) is 1. The highest BCUT2D eigenvalue weighted by Crippen LogP contribution is 2.23. The number of carbonyl (C=O) groups excluding carboxylic acids is 1. The minimum Gasteiger partial charge on any atom is -0.349 e. The molecule has 150 valence electrons. The first-order valence-corrected chi connectivity index (χ1v) is 10.7. The van der Waals surface area contributed by atoms with Gasteiger partial charge in [-0.2, -0.15) is 0 Å². The average molecular weight is 415 g/mol. The Morgan fingerprint density at radius 2 is 1.57 bits per heavy atom. The standard InChI is InChI=1S/C24H22N4OS/c1-18(19-12-14-21(15-13-19)20-8-4-2-5-9-20)26-23(29)16-30-24-27-25-17-28(24)22-10-6-3-7-11-22/h2-15,17-18H,16H2,1H3,(H,26,29)/t18-/m0/s1. The third kappa shape index (κ3) is 4.78. The molecule has 1 amide bonds. The van der Waals surface area contributed by atoms with Gasteiger partial charge in [0, 0.05) is 5.69 Å². The summed E-state index contributed by atoms with van der Waals surface area (Å²) in [6.07, 6.45) is 1.66. The van der Waals surface area contributed by atoms with Gasteiger partial charge in [0.25, 0.3) is 0 Å². The highest BCUT2D eigenvalue weighted by atomic mass is 32.2. The van der Waals surface area contributed by atoms with Crippen LogP contribution in [0.3, 0.4) is 0 Å². The van der Waals surface area contributed by atoms with Gasteiger partial charge in [-0.1, -0.05) is 84.6 Å². The monoisotopic (exact) mass is 414 g/mol. The number of hydrogen-bond acceptors (Lipinski definition) is 4. The van der Waals surface area contributed by atoms with Crippen molar-refractivity contribution in [1.82, 2.24) is 20.1 Å². The fourth-order valence-corrected chi connectivity index (χ4v) is 3.92. The van der Waals surface area contributed by atoms with Crippen LogP contribution in [-0.2, 0) is 4.79 Å². The Labute approximate surface area is 180 Å². The van der Waals surface area contributed by atoms with E-state index < -0.39 is 0 Å². The minimum absolute atomic E-state index is 0.0396. The molecule has 0 aliphatic rings. The van der Waals surface area contributed by atoms with Gasteiger partial charge in [-0.05, 0) is 35.7 Å². The predicted molar refractivity (Wildman–Crippen MR) is 121 cm³/mol. The molecule has 0 unspecified atom stereocenters. The third-order valence-electron chi connectivity index (χ3n) is 4.78. The number of para-hydroxylation sites is 1. The van der Waals surface area contributed by atoms with E-state index in [2.05, 4.69) is 51.9 Å². The molecule has 1 atom stereocenters. The number of nitrogens with zero attached hydrogens (tertiary/aromatic N) is 3. The Balaban J connectivity index is 1.34. The second kappa shape index (κ2) is 9.41. The molecule has 1 N–H and O–H groups in total. The highest BCUT2D eigenvalue weighted by Gasteiger charge is 2.13. The summed E-state index contributed by atoms with van der Waals surface area (Å²) in [5.74, 6) is 0.236. The largest absolute Gasteiger partial charge is 0.349 e. The summed E-state index contributed by atoms with van der Waals surface area (Å²) >= 11 is 1.37. The molecule has 4 rings (SSSR count). The summed E-state index contributed by atoms with van der Waals surface area (Å²) in [4.78, 5) is 12.5. The van der Waals surface area contributed by atoms with Crippen LogP contribution < -0.4 is 5.32 Å². The van der Waals surface area contributed by atoms with Crippen LogP contribution in [-0.4, -0.2) is 26.4 Å². The zero-order chi connectivity index (χ0) is 20.8. The lowest BCUT2D eigenvalue weighted by Gasteiger charge is -2.15. The SMILES string of the molecule is C[C@H](NC(=O)CSc1nncn1-c1ccccc1)c1ccc(-c2ccccc2)cc1. The van der Waals surface area contributed by atoms with Crippen LogP contribution in [0.1, 0.15) is 18.5 Å². The van der Waals surface area contributed by atoms with E-state index in [4.69, 9.17) is 0 Å². The van der Waals surface area contributed by atoms with Crippen LogP contribution in [0.5, 0.6) is 0 Å². The van der Waals surface area contributed by atoms with Gasteiger partial charge in [0.2, 0.25) is 5.91 Å². The van der Waals surface area contributed by atoms with Crippen LogP contribution >= 0.6 is 11.8 Å². The van der Waals surface area contributed by atoms with Crippen molar-refractivity contribution < 1.29 is 4.79 Å². The van der Waals surface area contributed by atoms with Crippen LogP contribution in [0.25, 0.3) is 16.8 Å². The number of hydrogen-bond donors (Lipinski definition) is 1. The van der Waals surface area contributed by atoms with Gasteiger partial charge in [0.15, 0.2) is 5.16 Å². The van der Waals surface area contributed by atoms with Crippen molar-refractivity contribution in [2.75, 3.05) is 5.75 Å². The third-order valence-corrected chi connectivity index (χ3v) is 5.72. The molecule has 1 aromatic heterocycles. The number of aromatic nitrogens is 3. The lowest BCUT2D eigenvalue weighted by Crippen LogP contribution is -2.28. The van der Waals surface area contributed by atoms with Gasteiger partial charge in [0.1, 0.15) is 6.33 Å². The first kappa shape index (κ1) is 19.9. The molecule has 0 saturated heterocycles. The average Bonchev–Trinajstić information content (AvgIpc) is 3.28. The highest BCUT2D eigenvalue weighted by molar-refractivity contribution is 7.99. The second-order valence-corrected chi connectivity index (χ2v) is 7.83. The van der Waals surface area contributed by atoms with Crippen molar-refractivity contribution in [3.05, 3.63) is 96.8 Å². The van der Waals surface area contributed by atoms with Gasteiger partial charge >= 0.3 is 0 Å². The quantitative estimate of drug-likeness (QED) is 0.437. The summed E-state index contributed by atoms with van der Waals surface area (Å²) in [7, 11) is 0. The van der Waals surface area contributed by atoms with E-state index in [0.717, 1.165) is 16.8 Å². The summed E-state index contributed by atoms with van der Waals surface area (Å²) in [6, 6.07) is 28.3. The number of benzene rings is 3. The molecule has 30 heavy (non-hydrogen) atoms. The van der Waals surface area contributed by atoms with Gasteiger partial charge in [-0.25, -0.2) is 0 Å². The number of thioether (sulfide) groups is 1. The van der Waals surface area contributed by atoms with E-state index in [9.17, 15) is 4.79 Å². The molecule has 4 aromatic rings. The van der Waals surface area contributed by atoms with Crippen molar-refractivity contribution in [3.8, 4) is 16.8 Å². The lowest BCUT2D eigenvalue weighted by atomic mass is 10.0. The maximum absolute atomic E-state index is 12.5. The maximum Gasteiger partial charge on any atom is 0.230 e. The van der Waals surface area contributed by atoms with E-state index >= 15 is 0 Å². The van der Waals surface area contributed by atoms with Gasteiger partial charge in [-0.3, -0.25) is 9.36 Å². The minimum atomic E-state index is -0.0742. The van der Waals surface area contributed by atoms with Crippen LogP contribution in [0.4, 0.5) is 0 Å². The lowest BCUT2D eigenvalue weighted by molar-refractivity contribution is -0.119. The smallest absolute Gasteiger partial charge is 0.230 e. The van der Waals surface area contributed by atoms with Crippen molar-refractivity contribution >= 4 is 17.7 Å². The van der Waals surface area contributed by atoms with E-state index in [-0.39, 0.29) is 17.7 Å². The molecule has 3 aromatic carbocycles. The van der Waals surface area contributed by atoms with Crippen molar-refractivity contribution in [2.24, 2.45) is 0 Å². The number of carbonyl (C=O) groups is 1. The Kier molecular flexibility index (Phi) is 6.25. The van der Waals surface area contributed by atoms with Gasteiger partial charge < -0.3 is 5.32 Å². The van der Waals surface area contributed by atoms with Crippen LogP contribution in [0, 0.1) is 0 Å². The topological polar surface area (TPSA) is 59.8 Å². The van der Waals surface area contributed by atoms with Gasteiger partial charge in [-0.15, -0.1) is 10.2 Å². The summed E-state index contributed by atoms with van der Waals surface area (Å²) < 4.78 is 1.88. The number of amides is 1. The Hall–Kier alpha value is -3.38. The fourth-order valence-electron chi connectivity index (χ4n) is 3.18. The molecule has 5 nitrogen and oxygen atoms in total. The molecule has 0 bridgehead atoms. The summed E-state index contributed by atoms with van der Waals surface area (Å²) in [5.41, 5.74) is 4.38. The Bertz CT molecular complexity index is 1100. The molecule has 0 fully saturated rings. The zero-order valence-corrected chi connectivity index (χ0v) is 17.4. The van der Waals surface area contributed by atoms with Crippen molar-refractivity contribution in [1.29, 1.82) is 0 Å². The second-order valence-electron chi connectivity index (χ2n) is 6.88. The van der Waals surface area contributed by atoms with E-state index in [1.807, 2.05) is 60.0 Å². The fraction of sp³-hybridized carbons (Fsp3) is 0.125. The molecule has 6 heteroatoms. The molecule has 0 saturated carbocycles. The molecule has 1 heterocycles. The number of rotatable bonds is 7. The van der Waals surface area contributed by atoms with E-state index in [0.29, 0.717) is 5.16 Å². The zero-order valence-electron chi connectivity index (χ0n) is 16.6. The summed E-state index contributed by atoms with van der Waals surface area (Å²) in [6.45, 7) is 1.99. The van der Waals surface area contributed by atoms with Crippen molar-refractivity contribution in [3.63, 3.8) is 0 Å². The van der Waals surface area contributed by atoms with Gasteiger partial charge in [0.05, 0.1) is 11.8 Å². The molecular formula is C24H22N4OS. The molecule has 0 spiro atoms. The first-order valence-electron chi connectivity index (χ1n) is 9.74. The molecular weight excluding hydrogens is 392 g/mol.